The number of thioether (sulfide) groups is 1. The van der Waals surface area contributed by atoms with E-state index in [0.29, 0.717) is 17.0 Å². The third kappa shape index (κ3) is 4.94. The van der Waals surface area contributed by atoms with Gasteiger partial charge in [0.2, 0.25) is 11.8 Å². The van der Waals surface area contributed by atoms with Crippen molar-refractivity contribution >= 4 is 68.5 Å². The van der Waals surface area contributed by atoms with Crippen LogP contribution in [0.15, 0.2) is 56.8 Å². The molecule has 7 atom stereocenters. The number of H-pyrrole nitrogens is 1. The van der Waals surface area contributed by atoms with Crippen LogP contribution in [0.3, 0.4) is 0 Å². The maximum Gasteiger partial charge on any atom is 0.344 e. The van der Waals surface area contributed by atoms with Crippen LogP contribution in [0.1, 0.15) is 47.0 Å². The van der Waals surface area contributed by atoms with E-state index in [9.17, 15) is 24.0 Å². The number of ether oxygens (including phenoxy) is 3. The van der Waals surface area contributed by atoms with Gasteiger partial charge in [-0.2, -0.15) is 0 Å². The van der Waals surface area contributed by atoms with Gasteiger partial charge in [0.15, 0.2) is 6.61 Å². The normalized spacial score (nSPS) is 27.6. The molecular formula is C32H29BrN2O8S2. The summed E-state index contributed by atoms with van der Waals surface area (Å²) >= 11 is 6.34. The minimum atomic E-state index is -0.496. The van der Waals surface area contributed by atoms with Crippen LogP contribution in [0.25, 0.3) is 0 Å². The van der Waals surface area contributed by atoms with Crippen LogP contribution in [0.5, 0.6) is 5.75 Å². The number of aromatic nitrogens is 1. The van der Waals surface area contributed by atoms with Crippen LogP contribution in [0.4, 0.5) is 5.69 Å². The lowest BCUT2D eigenvalue weighted by atomic mass is 9.68. The van der Waals surface area contributed by atoms with Crippen molar-refractivity contribution < 1.29 is 33.4 Å². The van der Waals surface area contributed by atoms with Crippen molar-refractivity contribution in [2.45, 2.75) is 36.5 Å². The summed E-state index contributed by atoms with van der Waals surface area (Å²) < 4.78 is 17.0. The lowest BCUT2D eigenvalue weighted by Crippen LogP contribution is -2.42. The number of carbonyl (C=O) groups excluding carboxylic acids is 4. The van der Waals surface area contributed by atoms with Gasteiger partial charge in [-0.05, 0) is 80.5 Å². The van der Waals surface area contributed by atoms with E-state index in [2.05, 4.69) is 20.9 Å². The zero-order valence-electron chi connectivity index (χ0n) is 24.3. The molecule has 1 aromatic heterocycles. The van der Waals surface area contributed by atoms with Gasteiger partial charge in [0, 0.05) is 26.1 Å². The number of rotatable bonds is 8. The summed E-state index contributed by atoms with van der Waals surface area (Å²) in [5.74, 6) is -2.37. The molecule has 3 aromatic rings. The second kappa shape index (κ2) is 11.7. The van der Waals surface area contributed by atoms with Crippen molar-refractivity contribution in [3.05, 3.63) is 72.6 Å². The second-order valence-electron chi connectivity index (χ2n) is 11.5. The molecule has 7 rings (SSSR count). The maximum absolute atomic E-state index is 14.1. The molecule has 3 heterocycles. The Hall–Kier alpha value is -3.42. The maximum atomic E-state index is 14.1. The molecule has 1 saturated heterocycles. The molecule has 2 aliphatic carbocycles. The van der Waals surface area contributed by atoms with Gasteiger partial charge in [-0.3, -0.25) is 19.3 Å². The summed E-state index contributed by atoms with van der Waals surface area (Å²) in [5.41, 5.74) is 1.59. The molecule has 4 aliphatic rings. The number of fused-ring (bicyclic) bond motifs is 9. The highest BCUT2D eigenvalue weighted by molar-refractivity contribution is 9.10. The number of hydrogen-bond donors (Lipinski definition) is 1. The SMILES string of the molecule is CCOC(=O)COc1ccc(Br)cc1[C@@H]1c2sc(=O)[nH]c2S[C@@H]2[C@@H]3C[C@@H]([C@@H]4C(=O)N(c5ccc(C(=O)OCC)cc5)C(=O)[C@@H]34)[C@H]12. The molecule has 2 amide bonds. The average molecular weight is 714 g/mol. The van der Waals surface area contributed by atoms with Gasteiger partial charge >= 0.3 is 16.8 Å². The van der Waals surface area contributed by atoms with Crippen molar-refractivity contribution in [1.82, 2.24) is 4.98 Å². The van der Waals surface area contributed by atoms with E-state index in [1.54, 1.807) is 55.9 Å². The molecule has 3 fully saturated rings. The van der Waals surface area contributed by atoms with Crippen LogP contribution in [-0.2, 0) is 23.9 Å². The Morgan fingerprint density at radius 2 is 1.69 bits per heavy atom. The van der Waals surface area contributed by atoms with Gasteiger partial charge in [0.25, 0.3) is 0 Å². The molecular weight excluding hydrogens is 684 g/mol. The second-order valence-corrected chi connectivity index (χ2v) is 14.6. The number of nitrogens with one attached hydrogen (secondary N) is 1. The fourth-order valence-electron chi connectivity index (χ4n) is 7.81. The monoisotopic (exact) mass is 712 g/mol. The lowest BCUT2D eigenvalue weighted by molar-refractivity contribution is -0.145. The molecule has 2 aromatic carbocycles. The Bertz CT molecular complexity index is 1770. The predicted molar refractivity (Wildman–Crippen MR) is 170 cm³/mol. The number of nitrogens with zero attached hydrogens (tertiary/aromatic N) is 1. The van der Waals surface area contributed by atoms with E-state index in [-0.39, 0.29) is 65.4 Å². The first-order valence-electron chi connectivity index (χ1n) is 14.8. The third-order valence-electron chi connectivity index (χ3n) is 9.32. The molecule has 10 nitrogen and oxygen atoms in total. The van der Waals surface area contributed by atoms with E-state index in [1.165, 1.54) is 4.90 Å². The summed E-state index contributed by atoms with van der Waals surface area (Å²) in [6, 6.07) is 12.0. The molecule has 0 unspecified atom stereocenters. The number of thiazole rings is 1. The Morgan fingerprint density at radius 1 is 0.978 bits per heavy atom. The van der Waals surface area contributed by atoms with Crippen LogP contribution in [-0.4, -0.2) is 53.8 Å². The van der Waals surface area contributed by atoms with E-state index < -0.39 is 23.8 Å². The van der Waals surface area contributed by atoms with Crippen LogP contribution in [0.2, 0.25) is 0 Å². The Kier molecular flexibility index (Phi) is 7.89. The molecule has 234 valence electrons. The highest BCUT2D eigenvalue weighted by atomic mass is 79.9. The molecule has 45 heavy (non-hydrogen) atoms. The number of benzene rings is 2. The molecule has 0 radical (unpaired) electrons. The number of imide groups is 1. The van der Waals surface area contributed by atoms with Crippen LogP contribution in [0, 0.1) is 29.6 Å². The first-order valence-corrected chi connectivity index (χ1v) is 17.3. The molecule has 0 spiro atoms. The van der Waals surface area contributed by atoms with E-state index >= 15 is 0 Å². The fraction of sp³-hybridized carbons (Fsp3) is 0.406. The first-order chi connectivity index (χ1) is 21.7. The van der Waals surface area contributed by atoms with Crippen molar-refractivity contribution in [3.8, 4) is 5.75 Å². The number of aromatic amines is 1. The number of anilines is 1. The van der Waals surface area contributed by atoms with Crippen LogP contribution >= 0.6 is 39.0 Å². The van der Waals surface area contributed by atoms with Crippen molar-refractivity contribution in [2.24, 2.45) is 29.6 Å². The minimum absolute atomic E-state index is 0.0150. The largest absolute Gasteiger partial charge is 0.482 e. The average Bonchev–Trinajstić information content (AvgIpc) is 3.75. The number of halogens is 1. The quantitative estimate of drug-likeness (QED) is 0.253. The van der Waals surface area contributed by atoms with E-state index in [4.69, 9.17) is 14.2 Å². The van der Waals surface area contributed by atoms with Gasteiger partial charge < -0.3 is 19.2 Å². The summed E-state index contributed by atoms with van der Waals surface area (Å²) in [4.78, 5) is 70.1. The standard InChI is InChI=1S/C32H29BrN2O8S2/c1-3-41-21(36)13-43-20-10-7-15(33)11-17(20)22-23-18-12-19(26(23)44-28-27(22)45-32(40)34-28)25-24(18)29(37)35(30(25)38)16-8-5-14(6-9-16)31(39)42-4-2/h5-11,18-19,22-26H,3-4,12-13H2,1-2H3,(H,34,40)/t18-,19-,22+,23-,24+,25+,26-/m1/s1. The van der Waals surface area contributed by atoms with E-state index in [0.717, 1.165) is 37.7 Å². The highest BCUT2D eigenvalue weighted by Gasteiger charge is 2.69. The number of carbonyl (C=O) groups is 4. The summed E-state index contributed by atoms with van der Waals surface area (Å²) in [7, 11) is 0. The molecule has 2 aliphatic heterocycles. The Balaban J connectivity index is 1.25. The van der Waals surface area contributed by atoms with Crippen molar-refractivity contribution in [1.29, 1.82) is 0 Å². The third-order valence-corrected chi connectivity index (χ3v) is 12.4. The molecule has 1 N–H and O–H groups in total. The number of amides is 2. The van der Waals surface area contributed by atoms with Crippen molar-refractivity contribution in [3.63, 3.8) is 0 Å². The van der Waals surface area contributed by atoms with Gasteiger partial charge in [-0.15, -0.1) is 11.8 Å². The molecule has 2 bridgehead atoms. The van der Waals surface area contributed by atoms with Gasteiger partial charge in [0.1, 0.15) is 5.75 Å². The van der Waals surface area contributed by atoms with Crippen LogP contribution < -0.4 is 14.5 Å². The van der Waals surface area contributed by atoms with Crippen molar-refractivity contribution in [2.75, 3.05) is 24.7 Å². The highest BCUT2D eigenvalue weighted by Crippen LogP contribution is 2.69. The summed E-state index contributed by atoms with van der Waals surface area (Å²) in [6.45, 7) is 3.68. The molecule has 2 saturated carbocycles. The Morgan fingerprint density at radius 3 is 2.40 bits per heavy atom. The first kappa shape index (κ1) is 30.2. The minimum Gasteiger partial charge on any atom is -0.482 e. The number of esters is 2. The smallest absolute Gasteiger partial charge is 0.344 e. The summed E-state index contributed by atoms with van der Waals surface area (Å²) in [6.07, 6.45) is 0.730. The number of hydrogen-bond acceptors (Lipinski definition) is 10. The van der Waals surface area contributed by atoms with Gasteiger partial charge in [0.05, 0.1) is 41.3 Å². The van der Waals surface area contributed by atoms with Gasteiger partial charge in [-0.25, -0.2) is 9.59 Å². The zero-order valence-corrected chi connectivity index (χ0v) is 27.5. The topological polar surface area (TPSA) is 132 Å². The lowest BCUT2D eigenvalue weighted by Gasteiger charge is -2.43. The zero-order chi connectivity index (χ0) is 31.6. The predicted octanol–water partition coefficient (Wildman–Crippen LogP) is 5.00. The van der Waals surface area contributed by atoms with Gasteiger partial charge in [-0.1, -0.05) is 27.3 Å². The Labute approximate surface area is 274 Å². The summed E-state index contributed by atoms with van der Waals surface area (Å²) in [5, 5.41) is 0.763. The fourth-order valence-corrected chi connectivity index (χ4v) is 11.1. The van der Waals surface area contributed by atoms with E-state index in [1.807, 2.05) is 12.1 Å². The molecule has 13 heteroatoms.